The lowest BCUT2D eigenvalue weighted by Crippen LogP contribution is -2.27. The van der Waals surface area contributed by atoms with Gasteiger partial charge in [0.25, 0.3) is 0 Å². The molecule has 3 N–H and O–H groups in total. The highest BCUT2D eigenvalue weighted by Gasteiger charge is 2.12. The van der Waals surface area contributed by atoms with E-state index in [1.807, 2.05) is 13.0 Å². The molecule has 2 atom stereocenters. The maximum absolute atomic E-state index is 5.96. The summed E-state index contributed by atoms with van der Waals surface area (Å²) in [7, 11) is 0. The Morgan fingerprint density at radius 3 is 2.00 bits per heavy atom. The van der Waals surface area contributed by atoms with Crippen LogP contribution in [0.2, 0.25) is 0 Å². The first-order valence-corrected chi connectivity index (χ1v) is 5.62. The van der Waals surface area contributed by atoms with Crippen LogP contribution in [-0.4, -0.2) is 6.04 Å². The molecule has 1 rings (SSSR count). The van der Waals surface area contributed by atoms with E-state index < -0.39 is 0 Å². The summed E-state index contributed by atoms with van der Waals surface area (Å²) in [6.07, 6.45) is 0. The Labute approximate surface area is 92.9 Å². The lowest BCUT2D eigenvalue weighted by atomic mass is 9.97. The third-order valence-electron chi connectivity index (χ3n) is 2.54. The molecule has 0 amide bonds. The number of rotatable bonds is 4. The molecule has 0 fully saturated rings. The molecule has 0 bridgehead atoms. The molecule has 2 unspecified atom stereocenters. The van der Waals surface area contributed by atoms with Gasteiger partial charge in [-0.3, -0.25) is 0 Å². The van der Waals surface area contributed by atoms with Crippen LogP contribution in [0.25, 0.3) is 0 Å². The van der Waals surface area contributed by atoms with Crippen molar-refractivity contribution in [1.82, 2.24) is 5.32 Å². The third kappa shape index (κ3) is 3.33. The van der Waals surface area contributed by atoms with Gasteiger partial charge in [-0.25, -0.2) is 0 Å². The van der Waals surface area contributed by atoms with Crippen LogP contribution in [0.1, 0.15) is 50.9 Å². The van der Waals surface area contributed by atoms with Crippen molar-refractivity contribution in [3.05, 3.63) is 35.4 Å². The van der Waals surface area contributed by atoms with E-state index in [9.17, 15) is 0 Å². The van der Waals surface area contributed by atoms with E-state index in [4.69, 9.17) is 5.73 Å². The minimum Gasteiger partial charge on any atom is -0.324 e. The molecule has 1 aromatic carbocycles. The lowest BCUT2D eigenvalue weighted by molar-refractivity contribution is 0.501. The van der Waals surface area contributed by atoms with Gasteiger partial charge in [0.1, 0.15) is 0 Å². The van der Waals surface area contributed by atoms with Gasteiger partial charge in [-0.2, -0.15) is 0 Å². The van der Waals surface area contributed by atoms with E-state index >= 15 is 0 Å². The molecule has 0 aliphatic carbocycles. The largest absolute Gasteiger partial charge is 0.324 e. The molecular formula is C13H22N2. The SMILES string of the molecule is CC(C)NC(C)c1ccccc1C(C)N. The van der Waals surface area contributed by atoms with E-state index in [1.165, 1.54) is 11.1 Å². The second-order valence-corrected chi connectivity index (χ2v) is 4.46. The zero-order chi connectivity index (χ0) is 11.4. The van der Waals surface area contributed by atoms with Crippen molar-refractivity contribution in [3.63, 3.8) is 0 Å². The highest BCUT2D eigenvalue weighted by molar-refractivity contribution is 5.31. The van der Waals surface area contributed by atoms with Crippen LogP contribution in [0.4, 0.5) is 0 Å². The smallest absolute Gasteiger partial charge is 0.0297 e. The van der Waals surface area contributed by atoms with Crippen LogP contribution >= 0.6 is 0 Å². The number of benzene rings is 1. The molecule has 84 valence electrons. The molecule has 15 heavy (non-hydrogen) atoms. The highest BCUT2D eigenvalue weighted by atomic mass is 14.9. The van der Waals surface area contributed by atoms with Crippen LogP contribution in [0.15, 0.2) is 24.3 Å². The Hall–Kier alpha value is -0.860. The summed E-state index contributed by atoms with van der Waals surface area (Å²) < 4.78 is 0. The molecule has 0 aliphatic rings. The molecule has 0 aliphatic heterocycles. The van der Waals surface area contributed by atoms with Gasteiger partial charge < -0.3 is 11.1 Å². The number of hydrogen-bond donors (Lipinski definition) is 2. The molecule has 0 saturated carbocycles. The zero-order valence-electron chi connectivity index (χ0n) is 10.1. The average molecular weight is 206 g/mol. The van der Waals surface area contributed by atoms with E-state index in [2.05, 4.69) is 44.3 Å². The van der Waals surface area contributed by atoms with E-state index in [0.717, 1.165) is 0 Å². The second kappa shape index (κ2) is 5.29. The summed E-state index contributed by atoms with van der Waals surface area (Å²) in [5.74, 6) is 0. The normalized spacial score (nSPS) is 15.3. The highest BCUT2D eigenvalue weighted by Crippen LogP contribution is 2.22. The Bertz CT molecular complexity index is 305. The first-order chi connectivity index (χ1) is 7.02. The Morgan fingerprint density at radius 2 is 1.53 bits per heavy atom. The monoisotopic (exact) mass is 206 g/mol. The fraction of sp³-hybridized carbons (Fsp3) is 0.538. The van der Waals surface area contributed by atoms with Gasteiger partial charge in [0.2, 0.25) is 0 Å². The molecular weight excluding hydrogens is 184 g/mol. The minimum atomic E-state index is 0.0950. The van der Waals surface area contributed by atoms with Crippen LogP contribution < -0.4 is 11.1 Å². The summed E-state index contributed by atoms with van der Waals surface area (Å²) >= 11 is 0. The van der Waals surface area contributed by atoms with Crippen molar-refractivity contribution < 1.29 is 0 Å². The number of nitrogens with one attached hydrogen (secondary N) is 1. The van der Waals surface area contributed by atoms with Crippen LogP contribution in [0.3, 0.4) is 0 Å². The molecule has 1 aromatic rings. The van der Waals surface area contributed by atoms with Gasteiger partial charge in [0.05, 0.1) is 0 Å². The molecule has 0 saturated heterocycles. The molecule has 2 nitrogen and oxygen atoms in total. The van der Waals surface area contributed by atoms with E-state index in [1.54, 1.807) is 0 Å². The van der Waals surface area contributed by atoms with E-state index in [-0.39, 0.29) is 6.04 Å². The number of nitrogens with two attached hydrogens (primary N) is 1. The summed E-state index contributed by atoms with van der Waals surface area (Å²) in [4.78, 5) is 0. The van der Waals surface area contributed by atoms with Gasteiger partial charge in [0, 0.05) is 18.1 Å². The van der Waals surface area contributed by atoms with Crippen molar-refractivity contribution in [2.24, 2.45) is 5.73 Å². The summed E-state index contributed by atoms with van der Waals surface area (Å²) in [6, 6.07) is 9.31. The molecule has 0 radical (unpaired) electrons. The average Bonchev–Trinajstić information content (AvgIpc) is 2.16. The molecule has 0 spiro atoms. The summed E-state index contributed by atoms with van der Waals surface area (Å²) in [6.45, 7) is 8.53. The Morgan fingerprint density at radius 1 is 1.00 bits per heavy atom. The second-order valence-electron chi connectivity index (χ2n) is 4.46. The fourth-order valence-corrected chi connectivity index (χ4v) is 1.91. The lowest BCUT2D eigenvalue weighted by Gasteiger charge is -2.21. The maximum Gasteiger partial charge on any atom is 0.0297 e. The Kier molecular flexibility index (Phi) is 4.30. The fourth-order valence-electron chi connectivity index (χ4n) is 1.91. The Balaban J connectivity index is 2.92. The van der Waals surface area contributed by atoms with Gasteiger partial charge in [-0.1, -0.05) is 38.1 Å². The summed E-state index contributed by atoms with van der Waals surface area (Å²) in [5, 5.41) is 3.50. The van der Waals surface area contributed by atoms with Crippen molar-refractivity contribution in [2.45, 2.75) is 45.8 Å². The quantitative estimate of drug-likeness (QED) is 0.795. The summed E-state index contributed by atoms with van der Waals surface area (Å²) in [5.41, 5.74) is 8.50. The molecule has 0 aromatic heterocycles. The van der Waals surface area contributed by atoms with Crippen molar-refractivity contribution in [2.75, 3.05) is 0 Å². The third-order valence-corrected chi connectivity index (χ3v) is 2.54. The predicted octanol–water partition coefficient (Wildman–Crippen LogP) is 2.77. The van der Waals surface area contributed by atoms with Gasteiger partial charge in [-0.05, 0) is 25.0 Å². The van der Waals surface area contributed by atoms with E-state index in [0.29, 0.717) is 12.1 Å². The standard InChI is InChI=1S/C13H22N2/c1-9(2)15-11(4)13-8-6-5-7-12(13)10(3)14/h5-11,15H,14H2,1-4H3. The zero-order valence-corrected chi connectivity index (χ0v) is 10.1. The first-order valence-electron chi connectivity index (χ1n) is 5.62. The molecule has 2 heteroatoms. The van der Waals surface area contributed by atoms with Crippen molar-refractivity contribution in [1.29, 1.82) is 0 Å². The minimum absolute atomic E-state index is 0.0950. The molecule has 0 heterocycles. The van der Waals surface area contributed by atoms with Crippen molar-refractivity contribution in [3.8, 4) is 0 Å². The van der Waals surface area contributed by atoms with Gasteiger partial charge in [-0.15, -0.1) is 0 Å². The van der Waals surface area contributed by atoms with Gasteiger partial charge in [0.15, 0.2) is 0 Å². The predicted molar refractivity (Wildman–Crippen MR) is 65.7 cm³/mol. The van der Waals surface area contributed by atoms with Gasteiger partial charge >= 0.3 is 0 Å². The van der Waals surface area contributed by atoms with Crippen LogP contribution in [0.5, 0.6) is 0 Å². The van der Waals surface area contributed by atoms with Crippen LogP contribution in [0, 0.1) is 0 Å². The topological polar surface area (TPSA) is 38.0 Å². The first kappa shape index (κ1) is 12.2. The van der Waals surface area contributed by atoms with Crippen LogP contribution in [-0.2, 0) is 0 Å². The maximum atomic E-state index is 5.96. The number of hydrogen-bond acceptors (Lipinski definition) is 2. The van der Waals surface area contributed by atoms with Crippen molar-refractivity contribution >= 4 is 0 Å².